The molecule has 0 N–H and O–H groups in total. The fourth-order valence-electron chi connectivity index (χ4n) is 2.07. The van der Waals surface area contributed by atoms with E-state index in [0.29, 0.717) is 37.2 Å². The molecule has 0 saturated heterocycles. The topological polar surface area (TPSA) is 34.1 Å². The molecule has 100 valence electrons. The number of Topliss-reactive ketones (excluding diaryl/α,β-unsaturated/α-hetero) is 2. The summed E-state index contributed by atoms with van der Waals surface area (Å²) in [5.74, 6) is 0.617. The molecule has 2 heteroatoms. The molecule has 0 aliphatic heterocycles. The molecule has 0 fully saturated rings. The molecule has 2 nitrogen and oxygen atoms in total. The van der Waals surface area contributed by atoms with Gasteiger partial charge in [-0.05, 0) is 38.5 Å². The Kier molecular flexibility index (Phi) is 8.11. The fourth-order valence-corrected chi connectivity index (χ4v) is 2.07. The fraction of sp³-hybridized carbons (Fsp3) is 0.625. The van der Waals surface area contributed by atoms with Gasteiger partial charge in [0.15, 0.2) is 0 Å². The number of allylic oxidation sites excluding steroid dienone is 4. The number of hydrogen-bond donors (Lipinski definition) is 0. The molecule has 1 aliphatic rings. The molecule has 0 heterocycles. The second-order valence-corrected chi connectivity index (χ2v) is 4.89. The summed E-state index contributed by atoms with van der Waals surface area (Å²) in [6.07, 6.45) is 16.6. The van der Waals surface area contributed by atoms with Gasteiger partial charge in [0.1, 0.15) is 11.6 Å². The standard InChI is InChI=1S/C16H24O2/c17-15-11-8-6-4-2-1-3-5-7-9-12-16(18)14-10-13-15/h2-5H,1,6-14H2. The van der Waals surface area contributed by atoms with Gasteiger partial charge in [0.2, 0.25) is 0 Å². The van der Waals surface area contributed by atoms with Gasteiger partial charge >= 0.3 is 0 Å². The van der Waals surface area contributed by atoms with Crippen LogP contribution in [0, 0.1) is 0 Å². The van der Waals surface area contributed by atoms with Crippen LogP contribution in [0.5, 0.6) is 0 Å². The molecule has 1 rings (SSSR count). The minimum atomic E-state index is 0.309. The van der Waals surface area contributed by atoms with Crippen molar-refractivity contribution in [2.45, 2.75) is 64.2 Å². The van der Waals surface area contributed by atoms with E-state index < -0.39 is 0 Å². The van der Waals surface area contributed by atoms with Crippen LogP contribution in [0.15, 0.2) is 24.3 Å². The van der Waals surface area contributed by atoms with Crippen molar-refractivity contribution >= 4 is 11.6 Å². The molecule has 0 spiro atoms. The van der Waals surface area contributed by atoms with Gasteiger partial charge in [0.05, 0.1) is 0 Å². The van der Waals surface area contributed by atoms with Crippen molar-refractivity contribution in [2.75, 3.05) is 0 Å². The third-order valence-corrected chi connectivity index (χ3v) is 3.17. The summed E-state index contributed by atoms with van der Waals surface area (Å²) in [5.41, 5.74) is 0. The average Bonchev–Trinajstić information content (AvgIpc) is 2.34. The molecule has 0 radical (unpaired) electrons. The predicted molar refractivity (Wildman–Crippen MR) is 74.5 cm³/mol. The molecular weight excluding hydrogens is 224 g/mol. The first kappa shape index (κ1) is 14.9. The third kappa shape index (κ3) is 7.99. The molecule has 0 saturated carbocycles. The second-order valence-electron chi connectivity index (χ2n) is 4.89. The van der Waals surface area contributed by atoms with Crippen LogP contribution in [0.4, 0.5) is 0 Å². The Hall–Kier alpha value is -1.18. The van der Waals surface area contributed by atoms with Crippen LogP contribution in [-0.2, 0) is 9.59 Å². The number of rotatable bonds is 0. The number of hydrogen-bond acceptors (Lipinski definition) is 2. The van der Waals surface area contributed by atoms with Crippen LogP contribution in [-0.4, -0.2) is 11.6 Å². The van der Waals surface area contributed by atoms with Crippen LogP contribution >= 0.6 is 0 Å². The van der Waals surface area contributed by atoms with Crippen molar-refractivity contribution in [1.29, 1.82) is 0 Å². The zero-order valence-electron chi connectivity index (χ0n) is 11.2. The van der Waals surface area contributed by atoms with Crippen molar-refractivity contribution in [3.05, 3.63) is 24.3 Å². The second kappa shape index (κ2) is 9.81. The van der Waals surface area contributed by atoms with E-state index in [9.17, 15) is 9.59 Å². The van der Waals surface area contributed by atoms with Crippen LogP contribution in [0.2, 0.25) is 0 Å². The Balaban J connectivity index is 2.36. The maximum absolute atomic E-state index is 11.5. The van der Waals surface area contributed by atoms with Crippen LogP contribution in [0.25, 0.3) is 0 Å². The summed E-state index contributed by atoms with van der Waals surface area (Å²) in [6, 6.07) is 0. The number of ketones is 2. The molecule has 0 aromatic rings. The molecule has 0 bridgehead atoms. The summed E-state index contributed by atoms with van der Waals surface area (Å²) in [7, 11) is 0. The maximum atomic E-state index is 11.5. The number of carbonyl (C=O) groups is 2. The normalized spacial score (nSPS) is 21.1. The smallest absolute Gasteiger partial charge is 0.132 e. The molecule has 0 amide bonds. The third-order valence-electron chi connectivity index (χ3n) is 3.17. The van der Waals surface area contributed by atoms with Crippen molar-refractivity contribution in [3.8, 4) is 0 Å². The molecule has 0 aromatic heterocycles. The van der Waals surface area contributed by atoms with Crippen LogP contribution in [0.1, 0.15) is 64.2 Å². The predicted octanol–water partition coefficient (Wildman–Crippen LogP) is 4.15. The van der Waals surface area contributed by atoms with Gasteiger partial charge in [-0.3, -0.25) is 9.59 Å². The highest BCUT2D eigenvalue weighted by atomic mass is 16.1. The summed E-state index contributed by atoms with van der Waals surface area (Å²) in [5, 5.41) is 0. The van der Waals surface area contributed by atoms with Gasteiger partial charge < -0.3 is 0 Å². The summed E-state index contributed by atoms with van der Waals surface area (Å²) >= 11 is 0. The van der Waals surface area contributed by atoms with E-state index in [4.69, 9.17) is 0 Å². The van der Waals surface area contributed by atoms with Crippen molar-refractivity contribution in [1.82, 2.24) is 0 Å². The van der Waals surface area contributed by atoms with Gasteiger partial charge in [0.25, 0.3) is 0 Å². The first-order chi connectivity index (χ1) is 8.79. The Labute approximate surface area is 110 Å². The van der Waals surface area contributed by atoms with E-state index in [1.165, 1.54) is 0 Å². The average molecular weight is 248 g/mol. The van der Waals surface area contributed by atoms with E-state index in [1.54, 1.807) is 0 Å². The largest absolute Gasteiger partial charge is 0.300 e. The van der Waals surface area contributed by atoms with Crippen molar-refractivity contribution in [3.63, 3.8) is 0 Å². The lowest BCUT2D eigenvalue weighted by molar-refractivity contribution is -0.120. The lowest BCUT2D eigenvalue weighted by Gasteiger charge is -2.01. The SMILES string of the molecule is O=C1CCCC=CCC=CCCCC(=O)CCC1. The maximum Gasteiger partial charge on any atom is 0.132 e. The van der Waals surface area contributed by atoms with Crippen LogP contribution in [0.3, 0.4) is 0 Å². The molecule has 1 aliphatic carbocycles. The summed E-state index contributed by atoms with van der Waals surface area (Å²) in [4.78, 5) is 23.1. The molecular formula is C16H24O2. The van der Waals surface area contributed by atoms with Crippen molar-refractivity contribution in [2.24, 2.45) is 0 Å². The molecule has 0 atom stereocenters. The zero-order chi connectivity index (χ0) is 13.1. The lowest BCUT2D eigenvalue weighted by Crippen LogP contribution is -2.02. The first-order valence-electron chi connectivity index (χ1n) is 7.12. The minimum absolute atomic E-state index is 0.309. The van der Waals surface area contributed by atoms with E-state index in [1.807, 2.05) is 0 Å². The van der Waals surface area contributed by atoms with Gasteiger partial charge in [-0.25, -0.2) is 0 Å². The minimum Gasteiger partial charge on any atom is -0.300 e. The summed E-state index contributed by atoms with van der Waals surface area (Å²) < 4.78 is 0. The van der Waals surface area contributed by atoms with Gasteiger partial charge in [-0.1, -0.05) is 24.3 Å². The Bertz CT molecular complexity index is 283. The monoisotopic (exact) mass is 248 g/mol. The first-order valence-corrected chi connectivity index (χ1v) is 7.12. The van der Waals surface area contributed by atoms with Crippen molar-refractivity contribution < 1.29 is 9.59 Å². The highest BCUT2D eigenvalue weighted by Gasteiger charge is 2.05. The highest BCUT2D eigenvalue weighted by Crippen LogP contribution is 2.08. The van der Waals surface area contributed by atoms with E-state index in [-0.39, 0.29) is 0 Å². The molecule has 0 aromatic carbocycles. The molecule has 0 unspecified atom stereocenters. The lowest BCUT2D eigenvalue weighted by atomic mass is 10.0. The number of carbonyl (C=O) groups excluding carboxylic acids is 2. The molecule has 18 heavy (non-hydrogen) atoms. The van der Waals surface area contributed by atoms with Crippen LogP contribution < -0.4 is 0 Å². The quantitative estimate of drug-likeness (QED) is 0.603. The van der Waals surface area contributed by atoms with Gasteiger partial charge in [-0.15, -0.1) is 0 Å². The van der Waals surface area contributed by atoms with E-state index >= 15 is 0 Å². The van der Waals surface area contributed by atoms with E-state index in [2.05, 4.69) is 24.3 Å². The van der Waals surface area contributed by atoms with Gasteiger partial charge in [0, 0.05) is 25.7 Å². The summed E-state index contributed by atoms with van der Waals surface area (Å²) in [6.45, 7) is 0. The van der Waals surface area contributed by atoms with E-state index in [0.717, 1.165) is 38.5 Å². The Morgan fingerprint density at radius 2 is 1.06 bits per heavy atom. The Morgan fingerprint density at radius 3 is 1.56 bits per heavy atom. The highest BCUT2D eigenvalue weighted by molar-refractivity contribution is 5.81. The zero-order valence-corrected chi connectivity index (χ0v) is 11.2. The van der Waals surface area contributed by atoms with Gasteiger partial charge in [-0.2, -0.15) is 0 Å². The Morgan fingerprint density at radius 1 is 0.611 bits per heavy atom.